The highest BCUT2D eigenvalue weighted by atomic mass is 16.7. The molecule has 0 aliphatic carbocycles. The fraction of sp³-hybridized carbons (Fsp3) is 0.524. The third kappa shape index (κ3) is 7.65. The summed E-state index contributed by atoms with van der Waals surface area (Å²) < 4.78 is 27.1. The molecule has 10 heteroatoms. The summed E-state index contributed by atoms with van der Waals surface area (Å²) in [6, 6.07) is 9.38. The van der Waals surface area contributed by atoms with Crippen LogP contribution in [0.4, 0.5) is 0 Å². The van der Waals surface area contributed by atoms with Crippen LogP contribution in [0.25, 0.3) is 0 Å². The largest absolute Gasteiger partial charge is 0.463 e. The quantitative estimate of drug-likeness (QED) is 0.462. The molecule has 1 aliphatic rings. The van der Waals surface area contributed by atoms with Gasteiger partial charge in [0, 0.05) is 34.2 Å². The molecule has 1 heterocycles. The van der Waals surface area contributed by atoms with Crippen LogP contribution in [0.3, 0.4) is 0 Å². The van der Waals surface area contributed by atoms with Crippen LogP contribution < -0.4 is 5.32 Å². The standard InChI is InChI=1S/C21H27NO9/c1-12(23)27-11-17-18(28-13(2)24)19(29-14(3)25)20(30-15(4)26)21(31-17)22-10-16-8-6-5-7-9-16/h5-9,17-22H,10-11H2,1-4H3. The van der Waals surface area contributed by atoms with Gasteiger partial charge in [-0.3, -0.25) is 24.5 Å². The highest BCUT2D eigenvalue weighted by molar-refractivity contribution is 5.68. The van der Waals surface area contributed by atoms with Crippen molar-refractivity contribution in [2.45, 2.75) is 64.9 Å². The average Bonchev–Trinajstić information content (AvgIpc) is 2.68. The number of ether oxygens (including phenoxy) is 5. The normalized spacial score (nSPS) is 25.2. The Morgan fingerprint density at radius 1 is 0.806 bits per heavy atom. The highest BCUT2D eigenvalue weighted by Crippen LogP contribution is 2.28. The topological polar surface area (TPSA) is 126 Å². The van der Waals surface area contributed by atoms with E-state index in [-0.39, 0.29) is 6.61 Å². The molecule has 1 aromatic rings. The molecule has 1 fully saturated rings. The Balaban J connectivity index is 2.35. The van der Waals surface area contributed by atoms with E-state index in [1.807, 2.05) is 30.3 Å². The zero-order chi connectivity index (χ0) is 23.0. The van der Waals surface area contributed by atoms with Gasteiger partial charge in [0.2, 0.25) is 0 Å². The van der Waals surface area contributed by atoms with Gasteiger partial charge < -0.3 is 23.7 Å². The molecular weight excluding hydrogens is 410 g/mol. The molecule has 0 spiro atoms. The number of hydrogen-bond donors (Lipinski definition) is 1. The first-order valence-electron chi connectivity index (χ1n) is 9.75. The van der Waals surface area contributed by atoms with Crippen LogP contribution in [-0.4, -0.2) is 61.1 Å². The lowest BCUT2D eigenvalue weighted by Gasteiger charge is -2.44. The van der Waals surface area contributed by atoms with E-state index in [9.17, 15) is 19.2 Å². The maximum absolute atomic E-state index is 11.8. The van der Waals surface area contributed by atoms with Crippen LogP contribution in [0, 0.1) is 0 Å². The Morgan fingerprint density at radius 2 is 1.35 bits per heavy atom. The fourth-order valence-corrected chi connectivity index (χ4v) is 3.21. The van der Waals surface area contributed by atoms with Crippen molar-refractivity contribution in [2.75, 3.05) is 6.61 Å². The molecule has 10 nitrogen and oxygen atoms in total. The summed E-state index contributed by atoms with van der Waals surface area (Å²) in [5.41, 5.74) is 0.926. The number of esters is 4. The monoisotopic (exact) mass is 437 g/mol. The lowest BCUT2D eigenvalue weighted by atomic mass is 9.97. The molecule has 0 bridgehead atoms. The molecule has 31 heavy (non-hydrogen) atoms. The van der Waals surface area contributed by atoms with Crippen LogP contribution in [0.15, 0.2) is 30.3 Å². The second-order valence-electron chi connectivity index (χ2n) is 6.99. The highest BCUT2D eigenvalue weighted by Gasteiger charge is 2.52. The Kier molecular flexibility index (Phi) is 8.95. The zero-order valence-corrected chi connectivity index (χ0v) is 17.9. The Morgan fingerprint density at radius 3 is 1.90 bits per heavy atom. The van der Waals surface area contributed by atoms with E-state index in [4.69, 9.17) is 23.7 Å². The minimum atomic E-state index is -1.19. The first-order valence-corrected chi connectivity index (χ1v) is 9.75. The van der Waals surface area contributed by atoms with Gasteiger partial charge in [-0.1, -0.05) is 30.3 Å². The Bertz CT molecular complexity index is 782. The minimum absolute atomic E-state index is 0.263. The van der Waals surface area contributed by atoms with E-state index < -0.39 is 54.5 Å². The van der Waals surface area contributed by atoms with Crippen LogP contribution in [0.2, 0.25) is 0 Å². The molecular formula is C21H27NO9. The van der Waals surface area contributed by atoms with Gasteiger partial charge >= 0.3 is 23.9 Å². The summed E-state index contributed by atoms with van der Waals surface area (Å²) in [6.45, 7) is 4.85. The van der Waals surface area contributed by atoms with Gasteiger partial charge in [0.05, 0.1) is 0 Å². The fourth-order valence-electron chi connectivity index (χ4n) is 3.21. The van der Waals surface area contributed by atoms with Crippen molar-refractivity contribution in [1.29, 1.82) is 0 Å². The molecule has 170 valence electrons. The maximum atomic E-state index is 11.8. The predicted octanol–water partition coefficient (Wildman–Crippen LogP) is 0.859. The molecule has 1 saturated heterocycles. The van der Waals surface area contributed by atoms with Gasteiger partial charge in [-0.25, -0.2) is 0 Å². The lowest BCUT2D eigenvalue weighted by molar-refractivity contribution is -0.257. The number of benzene rings is 1. The van der Waals surface area contributed by atoms with Crippen molar-refractivity contribution in [3.8, 4) is 0 Å². The molecule has 1 aromatic carbocycles. The van der Waals surface area contributed by atoms with E-state index >= 15 is 0 Å². The minimum Gasteiger partial charge on any atom is -0.463 e. The third-order valence-corrected chi connectivity index (χ3v) is 4.34. The molecule has 1 aliphatic heterocycles. The molecule has 5 unspecified atom stereocenters. The first kappa shape index (κ1) is 24.3. The van der Waals surface area contributed by atoms with Gasteiger partial charge in [0.25, 0.3) is 0 Å². The maximum Gasteiger partial charge on any atom is 0.303 e. The molecule has 0 amide bonds. The summed E-state index contributed by atoms with van der Waals surface area (Å²) in [5.74, 6) is -2.55. The van der Waals surface area contributed by atoms with E-state index in [2.05, 4.69) is 5.32 Å². The summed E-state index contributed by atoms with van der Waals surface area (Å²) in [4.78, 5) is 46.6. The molecule has 0 radical (unpaired) electrons. The molecule has 5 atom stereocenters. The molecule has 0 aromatic heterocycles. The molecule has 1 N–H and O–H groups in total. The number of nitrogens with one attached hydrogen (secondary N) is 1. The number of rotatable bonds is 8. The summed E-state index contributed by atoms with van der Waals surface area (Å²) in [6.07, 6.45) is -5.39. The van der Waals surface area contributed by atoms with Crippen LogP contribution in [0.5, 0.6) is 0 Å². The molecule has 2 rings (SSSR count). The van der Waals surface area contributed by atoms with E-state index in [0.29, 0.717) is 6.54 Å². The van der Waals surface area contributed by atoms with E-state index in [0.717, 1.165) is 5.56 Å². The van der Waals surface area contributed by atoms with E-state index in [1.165, 1.54) is 27.7 Å². The Labute approximate surface area is 180 Å². The smallest absolute Gasteiger partial charge is 0.303 e. The summed E-state index contributed by atoms with van der Waals surface area (Å²) >= 11 is 0. The van der Waals surface area contributed by atoms with Crippen LogP contribution in [0.1, 0.15) is 33.3 Å². The van der Waals surface area contributed by atoms with Crippen LogP contribution >= 0.6 is 0 Å². The van der Waals surface area contributed by atoms with Gasteiger partial charge in [0.15, 0.2) is 18.3 Å². The van der Waals surface area contributed by atoms with E-state index in [1.54, 1.807) is 0 Å². The van der Waals surface area contributed by atoms with Crippen molar-refractivity contribution in [3.05, 3.63) is 35.9 Å². The van der Waals surface area contributed by atoms with Crippen molar-refractivity contribution >= 4 is 23.9 Å². The van der Waals surface area contributed by atoms with Crippen molar-refractivity contribution in [2.24, 2.45) is 0 Å². The summed E-state index contributed by atoms with van der Waals surface area (Å²) in [5, 5.41) is 3.12. The number of hydrogen-bond acceptors (Lipinski definition) is 10. The lowest BCUT2D eigenvalue weighted by Crippen LogP contribution is -2.65. The third-order valence-electron chi connectivity index (χ3n) is 4.34. The Hall–Kier alpha value is -2.98. The zero-order valence-electron chi connectivity index (χ0n) is 17.9. The van der Waals surface area contributed by atoms with Gasteiger partial charge in [0.1, 0.15) is 18.9 Å². The predicted molar refractivity (Wildman–Crippen MR) is 105 cm³/mol. The second kappa shape index (κ2) is 11.4. The second-order valence-corrected chi connectivity index (χ2v) is 6.99. The van der Waals surface area contributed by atoms with Crippen molar-refractivity contribution < 1.29 is 42.9 Å². The van der Waals surface area contributed by atoms with Gasteiger partial charge in [-0.05, 0) is 5.56 Å². The number of carbonyl (C=O) groups excluding carboxylic acids is 4. The van der Waals surface area contributed by atoms with Gasteiger partial charge in [-0.15, -0.1) is 0 Å². The van der Waals surface area contributed by atoms with Crippen molar-refractivity contribution in [3.63, 3.8) is 0 Å². The average molecular weight is 437 g/mol. The summed E-state index contributed by atoms with van der Waals surface area (Å²) in [7, 11) is 0. The van der Waals surface area contributed by atoms with Crippen molar-refractivity contribution in [1.82, 2.24) is 5.32 Å². The first-order chi connectivity index (χ1) is 14.7. The van der Waals surface area contributed by atoms with Gasteiger partial charge in [-0.2, -0.15) is 0 Å². The SMILES string of the molecule is CC(=O)OCC1OC(NCc2ccccc2)C(OC(C)=O)C(OC(C)=O)C1OC(C)=O. The number of carbonyl (C=O) groups is 4. The molecule has 0 saturated carbocycles. The van der Waals surface area contributed by atoms with Crippen LogP contribution in [-0.2, 0) is 49.4 Å².